The molecule has 0 bridgehead atoms. The van der Waals surface area contributed by atoms with Crippen LogP contribution in [0.5, 0.6) is 0 Å². The maximum absolute atomic E-state index is 13.9. The molecule has 1 atom stereocenters. The molecule has 0 aliphatic carbocycles. The van der Waals surface area contributed by atoms with Crippen LogP contribution in [0.3, 0.4) is 0 Å². The van der Waals surface area contributed by atoms with Crippen LogP contribution in [0.25, 0.3) is 0 Å². The molecule has 2 aromatic rings. The van der Waals surface area contributed by atoms with Crippen LogP contribution in [-0.2, 0) is 6.42 Å². The van der Waals surface area contributed by atoms with Crippen molar-refractivity contribution in [1.29, 1.82) is 0 Å². The van der Waals surface area contributed by atoms with Crippen molar-refractivity contribution in [1.82, 2.24) is 10.3 Å². The highest BCUT2D eigenvalue weighted by Gasteiger charge is 2.17. The number of pyridine rings is 1. The van der Waals surface area contributed by atoms with E-state index < -0.39 is 0 Å². The Bertz CT molecular complexity index is 586. The SMILES string of the molecule is CCNC(Cc1ccc(C)cc1Cl)c1ncccc1F. The molecular weight excluding hydrogens is 275 g/mol. The van der Waals surface area contributed by atoms with Crippen LogP contribution in [0.15, 0.2) is 36.5 Å². The van der Waals surface area contributed by atoms with Gasteiger partial charge in [-0.15, -0.1) is 0 Å². The van der Waals surface area contributed by atoms with E-state index in [1.54, 1.807) is 12.3 Å². The van der Waals surface area contributed by atoms with Gasteiger partial charge in [0.15, 0.2) is 0 Å². The van der Waals surface area contributed by atoms with Gasteiger partial charge in [-0.3, -0.25) is 4.98 Å². The van der Waals surface area contributed by atoms with E-state index in [9.17, 15) is 4.39 Å². The zero-order valence-corrected chi connectivity index (χ0v) is 12.4. The van der Waals surface area contributed by atoms with Crippen molar-refractivity contribution in [2.75, 3.05) is 6.54 Å². The first-order chi connectivity index (χ1) is 9.61. The maximum atomic E-state index is 13.9. The van der Waals surface area contributed by atoms with E-state index >= 15 is 0 Å². The summed E-state index contributed by atoms with van der Waals surface area (Å²) in [5.74, 6) is -0.290. The third-order valence-electron chi connectivity index (χ3n) is 3.20. The predicted octanol–water partition coefficient (Wildman–Crippen LogP) is 4.08. The quantitative estimate of drug-likeness (QED) is 0.898. The Morgan fingerprint density at radius 2 is 2.15 bits per heavy atom. The summed E-state index contributed by atoms with van der Waals surface area (Å²) in [7, 11) is 0. The van der Waals surface area contributed by atoms with Crippen LogP contribution in [0.4, 0.5) is 4.39 Å². The normalized spacial score (nSPS) is 12.4. The number of hydrogen-bond donors (Lipinski definition) is 1. The highest BCUT2D eigenvalue weighted by Crippen LogP contribution is 2.24. The summed E-state index contributed by atoms with van der Waals surface area (Å²) in [4.78, 5) is 4.16. The van der Waals surface area contributed by atoms with Gasteiger partial charge in [0.25, 0.3) is 0 Å². The number of likely N-dealkylation sites (N-methyl/N-ethyl adjacent to an activating group) is 1. The molecule has 1 unspecified atom stereocenters. The topological polar surface area (TPSA) is 24.9 Å². The third-order valence-corrected chi connectivity index (χ3v) is 3.55. The van der Waals surface area contributed by atoms with Crippen LogP contribution < -0.4 is 5.32 Å². The molecule has 1 N–H and O–H groups in total. The third kappa shape index (κ3) is 3.56. The molecule has 0 fully saturated rings. The fraction of sp³-hybridized carbons (Fsp3) is 0.312. The largest absolute Gasteiger partial charge is 0.309 e. The fourth-order valence-corrected chi connectivity index (χ4v) is 2.52. The molecule has 0 saturated carbocycles. The van der Waals surface area contributed by atoms with E-state index in [1.165, 1.54) is 6.07 Å². The number of nitrogens with one attached hydrogen (secondary N) is 1. The number of benzene rings is 1. The van der Waals surface area contributed by atoms with E-state index in [0.717, 1.165) is 17.7 Å². The lowest BCUT2D eigenvalue weighted by Crippen LogP contribution is -2.25. The molecule has 1 heterocycles. The molecule has 0 amide bonds. The zero-order valence-electron chi connectivity index (χ0n) is 11.7. The predicted molar refractivity (Wildman–Crippen MR) is 80.5 cm³/mol. The number of aromatic nitrogens is 1. The van der Waals surface area contributed by atoms with Crippen LogP contribution in [-0.4, -0.2) is 11.5 Å². The molecule has 0 spiro atoms. The first-order valence-electron chi connectivity index (χ1n) is 6.70. The number of rotatable bonds is 5. The van der Waals surface area contributed by atoms with Gasteiger partial charge >= 0.3 is 0 Å². The lowest BCUT2D eigenvalue weighted by atomic mass is 10.0. The summed E-state index contributed by atoms with van der Waals surface area (Å²) < 4.78 is 13.9. The minimum atomic E-state index is -0.290. The van der Waals surface area contributed by atoms with Crippen molar-refractivity contribution in [2.45, 2.75) is 26.3 Å². The van der Waals surface area contributed by atoms with Gasteiger partial charge in [-0.2, -0.15) is 0 Å². The van der Waals surface area contributed by atoms with Gasteiger partial charge in [-0.25, -0.2) is 4.39 Å². The van der Waals surface area contributed by atoms with Crippen LogP contribution >= 0.6 is 11.6 Å². The second-order valence-corrected chi connectivity index (χ2v) is 5.19. The molecule has 0 aliphatic heterocycles. The van der Waals surface area contributed by atoms with Crippen LogP contribution in [0, 0.1) is 12.7 Å². The van der Waals surface area contributed by atoms with E-state index in [4.69, 9.17) is 11.6 Å². The minimum Gasteiger partial charge on any atom is -0.309 e. The van der Waals surface area contributed by atoms with E-state index in [1.807, 2.05) is 32.0 Å². The Morgan fingerprint density at radius 1 is 1.35 bits per heavy atom. The molecule has 2 rings (SSSR count). The average Bonchev–Trinajstić information content (AvgIpc) is 2.42. The van der Waals surface area contributed by atoms with Gasteiger partial charge in [-0.05, 0) is 49.2 Å². The summed E-state index contributed by atoms with van der Waals surface area (Å²) >= 11 is 6.26. The molecule has 4 heteroatoms. The van der Waals surface area contributed by atoms with Crippen molar-refractivity contribution >= 4 is 11.6 Å². The van der Waals surface area contributed by atoms with Gasteiger partial charge in [0.05, 0.1) is 11.7 Å². The van der Waals surface area contributed by atoms with Crippen LogP contribution in [0.2, 0.25) is 5.02 Å². The second-order valence-electron chi connectivity index (χ2n) is 4.78. The zero-order chi connectivity index (χ0) is 14.5. The van der Waals surface area contributed by atoms with Crippen molar-refractivity contribution in [3.05, 3.63) is 64.2 Å². The number of halogens is 2. The molecule has 2 nitrogen and oxygen atoms in total. The number of aryl methyl sites for hydroxylation is 1. The summed E-state index contributed by atoms with van der Waals surface area (Å²) in [6.45, 7) is 4.73. The van der Waals surface area contributed by atoms with Gasteiger partial charge in [-0.1, -0.05) is 30.7 Å². The smallest absolute Gasteiger partial charge is 0.146 e. The molecule has 106 valence electrons. The van der Waals surface area contributed by atoms with Crippen LogP contribution in [0.1, 0.15) is 29.8 Å². The Morgan fingerprint density at radius 3 is 2.80 bits per heavy atom. The van der Waals surface area contributed by atoms with E-state index in [2.05, 4.69) is 10.3 Å². The Kier molecular flexibility index (Phi) is 5.10. The Balaban J connectivity index is 2.28. The van der Waals surface area contributed by atoms with Gasteiger partial charge in [0.1, 0.15) is 5.82 Å². The Labute approximate surface area is 124 Å². The molecule has 0 aliphatic rings. The summed E-state index contributed by atoms with van der Waals surface area (Å²) in [5, 5.41) is 3.98. The number of nitrogens with zero attached hydrogens (tertiary/aromatic N) is 1. The molecular formula is C16H18ClFN2. The molecule has 20 heavy (non-hydrogen) atoms. The summed E-state index contributed by atoms with van der Waals surface area (Å²) in [6, 6.07) is 8.78. The second kappa shape index (κ2) is 6.82. The molecule has 1 aromatic heterocycles. The number of hydrogen-bond acceptors (Lipinski definition) is 2. The van der Waals surface area contributed by atoms with Gasteiger partial charge in [0.2, 0.25) is 0 Å². The molecule has 0 radical (unpaired) electrons. The van der Waals surface area contributed by atoms with Gasteiger partial charge < -0.3 is 5.32 Å². The standard InChI is InChI=1S/C16H18ClFN2/c1-3-19-15(16-14(18)5-4-8-20-16)10-12-7-6-11(2)9-13(12)17/h4-9,15,19H,3,10H2,1-2H3. The van der Waals surface area contributed by atoms with E-state index in [0.29, 0.717) is 17.1 Å². The lowest BCUT2D eigenvalue weighted by molar-refractivity contribution is 0.494. The van der Waals surface area contributed by atoms with E-state index in [-0.39, 0.29) is 11.9 Å². The monoisotopic (exact) mass is 292 g/mol. The maximum Gasteiger partial charge on any atom is 0.146 e. The lowest BCUT2D eigenvalue weighted by Gasteiger charge is -2.18. The Hall–Kier alpha value is -1.45. The van der Waals surface area contributed by atoms with Crippen molar-refractivity contribution in [2.24, 2.45) is 0 Å². The summed E-state index contributed by atoms with van der Waals surface area (Å²) in [5.41, 5.74) is 2.54. The molecule has 0 saturated heterocycles. The van der Waals surface area contributed by atoms with Crippen molar-refractivity contribution in [3.8, 4) is 0 Å². The first kappa shape index (κ1) is 14.9. The highest BCUT2D eigenvalue weighted by atomic mass is 35.5. The van der Waals surface area contributed by atoms with Gasteiger partial charge in [0, 0.05) is 11.2 Å². The fourth-order valence-electron chi connectivity index (χ4n) is 2.20. The first-order valence-corrected chi connectivity index (χ1v) is 7.08. The molecule has 1 aromatic carbocycles. The van der Waals surface area contributed by atoms with Crippen molar-refractivity contribution in [3.63, 3.8) is 0 Å². The minimum absolute atomic E-state index is 0.179. The van der Waals surface area contributed by atoms with Crippen molar-refractivity contribution < 1.29 is 4.39 Å². The summed E-state index contributed by atoms with van der Waals surface area (Å²) in [6.07, 6.45) is 2.22. The highest BCUT2D eigenvalue weighted by molar-refractivity contribution is 6.31. The average molecular weight is 293 g/mol.